The SMILES string of the molecule is Cc1cc2cnn(C(C)C)c2cc1Nc1ncc(C(=O)N[C@@H](C)CO)c(N[C@H]2c3ccccc3C[C@H]2O)n1. The van der Waals surface area contributed by atoms with Gasteiger partial charge in [0.1, 0.15) is 11.4 Å². The first-order valence-corrected chi connectivity index (χ1v) is 12.8. The van der Waals surface area contributed by atoms with E-state index in [0.29, 0.717) is 12.4 Å². The van der Waals surface area contributed by atoms with E-state index in [1.807, 2.05) is 48.1 Å². The molecule has 0 radical (unpaired) electrons. The molecule has 10 heteroatoms. The van der Waals surface area contributed by atoms with Crippen molar-refractivity contribution >= 4 is 34.3 Å². The van der Waals surface area contributed by atoms with E-state index in [0.717, 1.165) is 33.3 Å². The monoisotopic (exact) mass is 515 g/mol. The normalized spacial score (nSPS) is 17.4. The van der Waals surface area contributed by atoms with Crippen LogP contribution in [0.4, 0.5) is 17.5 Å². The van der Waals surface area contributed by atoms with E-state index in [9.17, 15) is 15.0 Å². The van der Waals surface area contributed by atoms with Crippen LogP contribution < -0.4 is 16.0 Å². The second kappa shape index (κ2) is 10.4. The summed E-state index contributed by atoms with van der Waals surface area (Å²) in [5.74, 6) is 0.176. The minimum absolute atomic E-state index is 0.196. The molecule has 1 aliphatic carbocycles. The van der Waals surface area contributed by atoms with Crippen molar-refractivity contribution in [1.82, 2.24) is 25.1 Å². The number of aryl methyl sites for hydroxylation is 1. The van der Waals surface area contributed by atoms with E-state index in [-0.39, 0.29) is 24.0 Å². The van der Waals surface area contributed by atoms with Gasteiger partial charge in [-0.3, -0.25) is 9.48 Å². The lowest BCUT2D eigenvalue weighted by Gasteiger charge is -2.21. The van der Waals surface area contributed by atoms with E-state index in [2.05, 4.69) is 50.9 Å². The summed E-state index contributed by atoms with van der Waals surface area (Å²) in [6.07, 6.45) is 3.15. The van der Waals surface area contributed by atoms with Gasteiger partial charge in [-0.15, -0.1) is 0 Å². The van der Waals surface area contributed by atoms with Crippen LogP contribution in [0.1, 0.15) is 59.9 Å². The Morgan fingerprint density at radius 3 is 2.74 bits per heavy atom. The van der Waals surface area contributed by atoms with Crippen molar-refractivity contribution in [3.63, 3.8) is 0 Å². The molecule has 0 saturated carbocycles. The first kappa shape index (κ1) is 25.6. The van der Waals surface area contributed by atoms with Crippen molar-refractivity contribution in [2.24, 2.45) is 0 Å². The summed E-state index contributed by atoms with van der Waals surface area (Å²) >= 11 is 0. The van der Waals surface area contributed by atoms with Crippen LogP contribution in [0, 0.1) is 6.92 Å². The number of rotatable bonds is 8. The molecule has 1 amide bonds. The molecule has 1 aliphatic rings. The highest BCUT2D eigenvalue weighted by Gasteiger charge is 2.32. The fourth-order valence-electron chi connectivity index (χ4n) is 4.83. The van der Waals surface area contributed by atoms with Crippen molar-refractivity contribution in [2.75, 3.05) is 17.2 Å². The Bertz CT molecular complexity index is 1480. The van der Waals surface area contributed by atoms with Gasteiger partial charge in [0.25, 0.3) is 5.91 Å². The number of nitrogens with zero attached hydrogens (tertiary/aromatic N) is 4. The number of carbonyl (C=O) groups excluding carboxylic acids is 1. The number of aliphatic hydroxyl groups excluding tert-OH is 2. The molecule has 198 valence electrons. The van der Waals surface area contributed by atoms with E-state index in [1.165, 1.54) is 6.20 Å². The minimum atomic E-state index is -0.674. The van der Waals surface area contributed by atoms with Crippen LogP contribution in [-0.2, 0) is 6.42 Å². The molecule has 0 unspecified atom stereocenters. The Morgan fingerprint density at radius 2 is 1.97 bits per heavy atom. The molecule has 2 heterocycles. The van der Waals surface area contributed by atoms with Crippen LogP contribution in [-0.4, -0.2) is 54.6 Å². The highest BCUT2D eigenvalue weighted by molar-refractivity contribution is 5.99. The smallest absolute Gasteiger partial charge is 0.256 e. The first-order valence-electron chi connectivity index (χ1n) is 12.8. The standard InChI is InChI=1S/C28H33N7O3/c1-15(2)35-23-11-22(16(3)9-19(23)12-30-35)32-28-29-13-21(27(38)31-17(4)14-36)26(34-28)33-25-20-8-6-5-7-18(20)10-24(25)37/h5-9,11-13,15,17,24-25,36-37H,10,14H2,1-4H3,(H,31,38)(H2,29,32,33,34)/t17-,24+,25-/m0/s1. The Labute approximate surface area is 221 Å². The van der Waals surface area contributed by atoms with Gasteiger partial charge in [0, 0.05) is 35.8 Å². The molecule has 3 atom stereocenters. The van der Waals surface area contributed by atoms with Gasteiger partial charge < -0.3 is 26.2 Å². The van der Waals surface area contributed by atoms with Crippen molar-refractivity contribution in [2.45, 2.75) is 58.3 Å². The maximum Gasteiger partial charge on any atom is 0.256 e. The maximum absolute atomic E-state index is 13.0. The van der Waals surface area contributed by atoms with Crippen molar-refractivity contribution in [1.29, 1.82) is 0 Å². The fraction of sp³-hybridized carbons (Fsp3) is 0.357. The molecule has 0 fully saturated rings. The third-order valence-corrected chi connectivity index (χ3v) is 6.86. The molecule has 38 heavy (non-hydrogen) atoms. The van der Waals surface area contributed by atoms with Gasteiger partial charge in [0.05, 0.1) is 30.5 Å². The van der Waals surface area contributed by atoms with Gasteiger partial charge in [-0.05, 0) is 56.5 Å². The quantitative estimate of drug-likeness (QED) is 0.240. The van der Waals surface area contributed by atoms with Gasteiger partial charge in [-0.2, -0.15) is 10.1 Å². The zero-order chi connectivity index (χ0) is 27.0. The number of hydrogen-bond acceptors (Lipinski definition) is 8. The van der Waals surface area contributed by atoms with Gasteiger partial charge in [0.15, 0.2) is 0 Å². The molecule has 10 nitrogen and oxygen atoms in total. The number of fused-ring (bicyclic) bond motifs is 2. The van der Waals surface area contributed by atoms with Crippen molar-refractivity contribution in [3.05, 3.63) is 71.0 Å². The number of nitrogens with one attached hydrogen (secondary N) is 3. The maximum atomic E-state index is 13.0. The highest BCUT2D eigenvalue weighted by Crippen LogP contribution is 2.35. The molecule has 5 rings (SSSR count). The van der Waals surface area contributed by atoms with Crippen LogP contribution in [0.5, 0.6) is 0 Å². The molecular formula is C28H33N7O3. The number of aromatic nitrogens is 4. The predicted molar refractivity (Wildman–Crippen MR) is 147 cm³/mol. The lowest BCUT2D eigenvalue weighted by atomic mass is 10.1. The molecular weight excluding hydrogens is 482 g/mol. The summed E-state index contributed by atoms with van der Waals surface area (Å²) in [5.41, 5.74) is 5.05. The average molecular weight is 516 g/mol. The Morgan fingerprint density at radius 1 is 1.18 bits per heavy atom. The summed E-state index contributed by atoms with van der Waals surface area (Å²) in [4.78, 5) is 22.1. The molecule has 2 aromatic heterocycles. The number of hydrogen-bond donors (Lipinski definition) is 5. The highest BCUT2D eigenvalue weighted by atomic mass is 16.3. The lowest BCUT2D eigenvalue weighted by Crippen LogP contribution is -2.36. The zero-order valence-corrected chi connectivity index (χ0v) is 21.9. The summed E-state index contributed by atoms with van der Waals surface area (Å²) < 4.78 is 1.96. The van der Waals surface area contributed by atoms with Crippen LogP contribution in [0.25, 0.3) is 10.9 Å². The third-order valence-electron chi connectivity index (χ3n) is 6.86. The van der Waals surface area contributed by atoms with Gasteiger partial charge in [-0.1, -0.05) is 24.3 Å². The van der Waals surface area contributed by atoms with Gasteiger partial charge in [0.2, 0.25) is 5.95 Å². The molecule has 0 aliphatic heterocycles. The summed E-state index contributed by atoms with van der Waals surface area (Å²) in [5, 5.41) is 35.1. The molecule has 0 saturated heterocycles. The second-order valence-corrected chi connectivity index (χ2v) is 10.1. The van der Waals surface area contributed by atoms with Crippen LogP contribution in [0.3, 0.4) is 0 Å². The fourth-order valence-corrected chi connectivity index (χ4v) is 4.83. The largest absolute Gasteiger partial charge is 0.394 e. The number of aliphatic hydroxyl groups is 2. The average Bonchev–Trinajstić information content (AvgIpc) is 3.44. The van der Waals surface area contributed by atoms with Gasteiger partial charge >= 0.3 is 0 Å². The van der Waals surface area contributed by atoms with Crippen LogP contribution in [0.2, 0.25) is 0 Å². The summed E-state index contributed by atoms with van der Waals surface area (Å²) in [6.45, 7) is 7.67. The zero-order valence-electron chi connectivity index (χ0n) is 21.9. The third kappa shape index (κ3) is 4.92. The Kier molecular flexibility index (Phi) is 7.00. The first-order chi connectivity index (χ1) is 18.2. The van der Waals surface area contributed by atoms with Crippen molar-refractivity contribution in [3.8, 4) is 0 Å². The predicted octanol–water partition coefficient (Wildman–Crippen LogP) is 3.64. The molecule has 0 spiro atoms. The number of amides is 1. The minimum Gasteiger partial charge on any atom is -0.394 e. The topological polar surface area (TPSA) is 137 Å². The van der Waals surface area contributed by atoms with Crippen molar-refractivity contribution < 1.29 is 15.0 Å². The van der Waals surface area contributed by atoms with Gasteiger partial charge in [-0.25, -0.2) is 4.98 Å². The number of carbonyl (C=O) groups is 1. The summed E-state index contributed by atoms with van der Waals surface area (Å²) in [6, 6.07) is 11.2. The van der Waals surface area contributed by atoms with E-state index < -0.39 is 24.1 Å². The molecule has 0 bridgehead atoms. The number of benzene rings is 2. The second-order valence-electron chi connectivity index (χ2n) is 10.1. The molecule has 4 aromatic rings. The Hall–Kier alpha value is -4.02. The number of anilines is 3. The molecule has 5 N–H and O–H groups in total. The van der Waals surface area contributed by atoms with Crippen LogP contribution >= 0.6 is 0 Å². The van der Waals surface area contributed by atoms with Crippen LogP contribution in [0.15, 0.2) is 48.8 Å². The van der Waals surface area contributed by atoms with E-state index in [1.54, 1.807) is 6.92 Å². The molecule has 2 aromatic carbocycles. The Balaban J connectivity index is 1.51. The van der Waals surface area contributed by atoms with E-state index >= 15 is 0 Å². The van der Waals surface area contributed by atoms with E-state index in [4.69, 9.17) is 0 Å². The lowest BCUT2D eigenvalue weighted by molar-refractivity contribution is 0.0922. The summed E-state index contributed by atoms with van der Waals surface area (Å²) in [7, 11) is 0.